The largest absolute Gasteiger partial charge is 0.479 e. The molecule has 2 amide bonds. The van der Waals surface area contributed by atoms with Crippen LogP contribution in [0.2, 0.25) is 0 Å². The van der Waals surface area contributed by atoms with Crippen LogP contribution in [-0.4, -0.2) is 94.1 Å². The zero-order chi connectivity index (χ0) is 33.3. The lowest BCUT2D eigenvalue weighted by atomic mass is 9.76. The van der Waals surface area contributed by atoms with Crippen molar-refractivity contribution in [2.45, 2.75) is 131 Å². The van der Waals surface area contributed by atoms with Gasteiger partial charge in [0.15, 0.2) is 18.4 Å². The summed E-state index contributed by atoms with van der Waals surface area (Å²) in [5.74, 6) is 4.56. The van der Waals surface area contributed by atoms with Gasteiger partial charge in [0, 0.05) is 44.3 Å². The number of carbonyl (C=O) groups excluding carboxylic acids is 2. The molecule has 0 saturated carbocycles. The molecule has 0 N–H and O–H groups in total. The van der Waals surface area contributed by atoms with Crippen LogP contribution in [0.15, 0.2) is 9.98 Å². The molecule has 288 valence electrons. The molecule has 0 bridgehead atoms. The predicted molar refractivity (Wildman–Crippen MR) is 203 cm³/mol. The van der Waals surface area contributed by atoms with E-state index in [-0.39, 0.29) is 60.3 Å². The highest BCUT2D eigenvalue weighted by atomic mass is 16.6. The number of ether oxygens (including phenoxy) is 5. The SMILES string of the molecule is C.C.C.C.CC(C)(C)C1CCOCC1.CC(C)C1=NC(=O)CO1.CC(C)C1=NCCO1.CC(C)C1CCOC1.CC(C)N1CCOC1=O. The fourth-order valence-corrected chi connectivity index (χ4v) is 4.84. The van der Waals surface area contributed by atoms with Crippen molar-refractivity contribution in [1.29, 1.82) is 0 Å². The highest BCUT2D eigenvalue weighted by molar-refractivity contribution is 5.97. The van der Waals surface area contributed by atoms with E-state index in [9.17, 15) is 9.59 Å². The molecular weight excluding hydrogens is 610 g/mol. The summed E-state index contributed by atoms with van der Waals surface area (Å²) in [5, 5.41) is 0. The highest BCUT2D eigenvalue weighted by Crippen LogP contribution is 2.33. The molecular formula is C38H79N3O7. The maximum Gasteiger partial charge on any atom is 0.410 e. The third-order valence-electron chi connectivity index (χ3n) is 7.94. The van der Waals surface area contributed by atoms with Crippen LogP contribution in [0.3, 0.4) is 0 Å². The minimum atomic E-state index is -0.176. The molecule has 0 aliphatic carbocycles. The lowest BCUT2D eigenvalue weighted by molar-refractivity contribution is -0.118. The van der Waals surface area contributed by atoms with Crippen LogP contribution < -0.4 is 0 Å². The number of carbonyl (C=O) groups is 2. The number of rotatable bonds is 4. The van der Waals surface area contributed by atoms with Gasteiger partial charge in [-0.3, -0.25) is 9.79 Å². The number of aliphatic imine (C=N–C) groups is 2. The first-order valence-corrected chi connectivity index (χ1v) is 16.6. The lowest BCUT2D eigenvalue weighted by Crippen LogP contribution is -2.31. The summed E-state index contributed by atoms with van der Waals surface area (Å²) >= 11 is 0. The van der Waals surface area contributed by atoms with E-state index < -0.39 is 0 Å². The Bertz CT molecular complexity index is 883. The molecule has 1 unspecified atom stereocenters. The van der Waals surface area contributed by atoms with Crippen LogP contribution >= 0.6 is 0 Å². The Morgan fingerprint density at radius 2 is 1.27 bits per heavy atom. The molecule has 0 spiro atoms. The Balaban J connectivity index is -0.000000247. The van der Waals surface area contributed by atoms with Crippen molar-refractivity contribution in [2.24, 2.45) is 45.0 Å². The summed E-state index contributed by atoms with van der Waals surface area (Å²) in [6, 6.07) is 0.278. The maximum atomic E-state index is 10.7. The van der Waals surface area contributed by atoms with E-state index >= 15 is 0 Å². The Morgan fingerprint density at radius 1 is 0.708 bits per heavy atom. The van der Waals surface area contributed by atoms with Crippen LogP contribution in [0.4, 0.5) is 4.79 Å². The van der Waals surface area contributed by atoms with E-state index in [1.807, 2.05) is 27.7 Å². The summed E-state index contributed by atoms with van der Waals surface area (Å²) in [6.07, 6.45) is 3.61. The average Bonchev–Trinajstić information content (AvgIpc) is 3.78. The Kier molecular flexibility index (Phi) is 30.3. The number of hydrogen-bond donors (Lipinski definition) is 0. The average molecular weight is 690 g/mol. The normalized spacial score (nSPS) is 19.8. The van der Waals surface area contributed by atoms with E-state index in [4.69, 9.17) is 23.7 Å². The van der Waals surface area contributed by atoms with Gasteiger partial charge < -0.3 is 28.6 Å². The molecule has 1 atom stereocenters. The van der Waals surface area contributed by atoms with Gasteiger partial charge in [0.05, 0.1) is 13.1 Å². The van der Waals surface area contributed by atoms with Gasteiger partial charge in [0.1, 0.15) is 13.2 Å². The van der Waals surface area contributed by atoms with E-state index in [0.29, 0.717) is 23.8 Å². The lowest BCUT2D eigenvalue weighted by Gasteiger charge is -2.33. The first-order chi connectivity index (χ1) is 20.6. The molecule has 0 aromatic heterocycles. The third kappa shape index (κ3) is 21.7. The van der Waals surface area contributed by atoms with Gasteiger partial charge in [-0.15, -0.1) is 0 Å². The van der Waals surface area contributed by atoms with E-state index in [1.165, 1.54) is 19.3 Å². The first-order valence-electron chi connectivity index (χ1n) is 16.6. The van der Waals surface area contributed by atoms with Crippen molar-refractivity contribution in [3.63, 3.8) is 0 Å². The number of amides is 2. The van der Waals surface area contributed by atoms with E-state index in [1.54, 1.807) is 4.90 Å². The number of cyclic esters (lactones) is 1. The molecule has 10 heteroatoms. The van der Waals surface area contributed by atoms with Gasteiger partial charge in [0.25, 0.3) is 5.91 Å². The van der Waals surface area contributed by atoms with Crippen molar-refractivity contribution in [3.8, 4) is 0 Å². The van der Waals surface area contributed by atoms with Gasteiger partial charge in [-0.05, 0) is 56.3 Å². The molecule has 0 aromatic rings. The first kappa shape index (κ1) is 52.6. The summed E-state index contributed by atoms with van der Waals surface area (Å²) in [7, 11) is 0. The summed E-state index contributed by atoms with van der Waals surface area (Å²) in [4.78, 5) is 30.6. The molecule has 5 rings (SSSR count). The fraction of sp³-hybridized carbons (Fsp3) is 0.895. The zero-order valence-corrected chi connectivity index (χ0v) is 29.6. The molecule has 3 saturated heterocycles. The van der Waals surface area contributed by atoms with E-state index in [0.717, 1.165) is 69.8 Å². The second-order valence-corrected chi connectivity index (χ2v) is 14.0. The van der Waals surface area contributed by atoms with Gasteiger partial charge in [0.2, 0.25) is 0 Å². The van der Waals surface area contributed by atoms with Crippen molar-refractivity contribution in [2.75, 3.05) is 59.3 Å². The topological polar surface area (TPSA) is 108 Å². The maximum absolute atomic E-state index is 10.7. The third-order valence-corrected chi connectivity index (χ3v) is 7.94. The smallest absolute Gasteiger partial charge is 0.410 e. The molecule has 5 aliphatic heterocycles. The molecule has 0 aromatic carbocycles. The van der Waals surface area contributed by atoms with Crippen molar-refractivity contribution < 1.29 is 33.3 Å². The minimum Gasteiger partial charge on any atom is -0.479 e. The second kappa shape index (κ2) is 27.6. The van der Waals surface area contributed by atoms with Gasteiger partial charge in [-0.1, -0.05) is 92.0 Å². The highest BCUT2D eigenvalue weighted by Gasteiger charge is 2.26. The Hall–Kier alpha value is -2.20. The molecule has 10 nitrogen and oxygen atoms in total. The standard InChI is InChI=1S/C9H18O.C7H14O.C6H11NO2.C6H9NO2.C6H11NO.4CH4/c1-9(2,3)8-4-6-10-7-5-8;1-6(2)7-3-4-8-5-7;1-5(2)7-3-4-9-6(7)8;1-4(2)6-7-5(8)3-9-6;1-5(2)6-7-3-4-8-6;;;;/h8H,4-7H2,1-3H3;6-7H,3-5H2,1-2H3;5H,3-4H2,1-2H3;4H,3H2,1-2H3;5H,3-4H2,1-2H3;4*1H4. The predicted octanol–water partition coefficient (Wildman–Crippen LogP) is 9.20. The molecule has 5 heterocycles. The quantitative estimate of drug-likeness (QED) is 0.290. The van der Waals surface area contributed by atoms with Crippen LogP contribution in [0, 0.1) is 35.0 Å². The molecule has 5 aliphatic rings. The van der Waals surface area contributed by atoms with Crippen LogP contribution in [0.5, 0.6) is 0 Å². The zero-order valence-electron chi connectivity index (χ0n) is 29.6. The fourth-order valence-electron chi connectivity index (χ4n) is 4.84. The second-order valence-electron chi connectivity index (χ2n) is 14.0. The Labute approximate surface area is 297 Å². The minimum absolute atomic E-state index is 0. The van der Waals surface area contributed by atoms with Gasteiger partial charge >= 0.3 is 6.09 Å². The van der Waals surface area contributed by atoms with Crippen molar-refractivity contribution in [1.82, 2.24) is 4.90 Å². The molecule has 48 heavy (non-hydrogen) atoms. The van der Waals surface area contributed by atoms with Gasteiger partial charge in [-0.25, -0.2) is 4.79 Å². The van der Waals surface area contributed by atoms with E-state index in [2.05, 4.69) is 58.5 Å². The summed E-state index contributed by atoms with van der Waals surface area (Å²) in [6.45, 7) is 30.5. The number of hydrogen-bond acceptors (Lipinski definition) is 8. The van der Waals surface area contributed by atoms with Crippen LogP contribution in [0.1, 0.15) is 125 Å². The van der Waals surface area contributed by atoms with Gasteiger partial charge in [-0.2, -0.15) is 4.99 Å². The summed E-state index contributed by atoms with van der Waals surface area (Å²) in [5.41, 5.74) is 0.490. The number of nitrogens with zero attached hydrogens (tertiary/aromatic N) is 3. The van der Waals surface area contributed by atoms with Crippen LogP contribution in [0.25, 0.3) is 0 Å². The Morgan fingerprint density at radius 3 is 1.50 bits per heavy atom. The van der Waals surface area contributed by atoms with Crippen LogP contribution in [-0.2, 0) is 28.5 Å². The van der Waals surface area contributed by atoms with Crippen molar-refractivity contribution >= 4 is 23.8 Å². The molecule has 3 fully saturated rings. The monoisotopic (exact) mass is 690 g/mol. The molecule has 0 radical (unpaired) electrons. The summed E-state index contributed by atoms with van der Waals surface area (Å²) < 4.78 is 25.3. The van der Waals surface area contributed by atoms with Crippen molar-refractivity contribution in [3.05, 3.63) is 0 Å².